The number of hydrogen-bond donors (Lipinski definition) is 1. The molecule has 0 saturated heterocycles. The molecule has 0 saturated carbocycles. The molecule has 0 amide bonds. The zero-order valence-corrected chi connectivity index (χ0v) is 11.1. The van der Waals surface area contributed by atoms with Crippen molar-refractivity contribution in [1.29, 1.82) is 0 Å². The molecule has 0 radical (unpaired) electrons. The molecule has 2 nitrogen and oxygen atoms in total. The predicted octanol–water partition coefficient (Wildman–Crippen LogP) is 4.58. The fourth-order valence-electron chi connectivity index (χ4n) is 1.77. The molecule has 1 atom stereocenters. The van der Waals surface area contributed by atoms with Crippen LogP contribution in [-0.2, 0) is 0 Å². The Labute approximate surface area is 115 Å². The van der Waals surface area contributed by atoms with Crippen molar-refractivity contribution in [1.82, 2.24) is 4.98 Å². The van der Waals surface area contributed by atoms with Crippen molar-refractivity contribution >= 4 is 17.3 Å². The Kier molecular flexibility index (Phi) is 4.32. The topological polar surface area (TPSA) is 24.9 Å². The number of hydrogen-bond acceptors (Lipinski definition) is 2. The van der Waals surface area contributed by atoms with E-state index in [9.17, 15) is 8.78 Å². The lowest BCUT2D eigenvalue weighted by molar-refractivity contribution is 0.614. The maximum absolute atomic E-state index is 13.2. The number of benzene rings is 1. The summed E-state index contributed by atoms with van der Waals surface area (Å²) in [5, 5.41) is 3.55. The summed E-state index contributed by atoms with van der Waals surface area (Å²) in [5.74, 6) is -0.754. The van der Waals surface area contributed by atoms with Gasteiger partial charge >= 0.3 is 0 Å². The number of pyridine rings is 1. The standard InChI is InChI=1S/C14H13ClF2N2/c1-2-12(13-6-4-10(17)8-18-13)19-14-7-9(16)3-5-11(14)15/h3-8,12,19H,2H2,1H3. The van der Waals surface area contributed by atoms with Crippen LogP contribution in [0, 0.1) is 11.6 Å². The van der Waals surface area contributed by atoms with Gasteiger partial charge in [0.15, 0.2) is 0 Å². The summed E-state index contributed by atoms with van der Waals surface area (Å²) in [5.41, 5.74) is 1.18. The number of anilines is 1. The monoisotopic (exact) mass is 282 g/mol. The highest BCUT2D eigenvalue weighted by Crippen LogP contribution is 2.27. The molecular formula is C14H13ClF2N2. The Morgan fingerprint density at radius 2 is 1.95 bits per heavy atom. The number of aromatic nitrogens is 1. The van der Waals surface area contributed by atoms with E-state index in [1.54, 1.807) is 6.07 Å². The van der Waals surface area contributed by atoms with Gasteiger partial charge in [0.1, 0.15) is 11.6 Å². The Morgan fingerprint density at radius 3 is 2.58 bits per heavy atom. The average Bonchev–Trinajstić information content (AvgIpc) is 2.41. The van der Waals surface area contributed by atoms with Gasteiger partial charge < -0.3 is 5.32 Å². The second kappa shape index (κ2) is 5.97. The minimum atomic E-state index is -0.387. The zero-order valence-electron chi connectivity index (χ0n) is 10.3. The van der Waals surface area contributed by atoms with Gasteiger partial charge in [0.05, 0.1) is 28.6 Å². The first-order valence-electron chi connectivity index (χ1n) is 5.93. The van der Waals surface area contributed by atoms with Crippen LogP contribution in [0.5, 0.6) is 0 Å². The van der Waals surface area contributed by atoms with Crippen LogP contribution in [0.4, 0.5) is 14.5 Å². The molecule has 1 heterocycles. The van der Waals surface area contributed by atoms with Gasteiger partial charge in [-0.3, -0.25) is 4.98 Å². The summed E-state index contributed by atoms with van der Waals surface area (Å²) in [6.07, 6.45) is 1.87. The third kappa shape index (κ3) is 3.41. The van der Waals surface area contributed by atoms with Crippen LogP contribution in [0.15, 0.2) is 36.5 Å². The normalized spacial score (nSPS) is 12.2. The Hall–Kier alpha value is -1.68. The number of nitrogens with zero attached hydrogens (tertiary/aromatic N) is 1. The van der Waals surface area contributed by atoms with E-state index in [1.165, 1.54) is 24.3 Å². The van der Waals surface area contributed by atoms with E-state index in [2.05, 4.69) is 10.3 Å². The molecule has 1 aromatic heterocycles. The summed E-state index contributed by atoms with van der Waals surface area (Å²) in [6.45, 7) is 1.95. The Bertz CT molecular complexity index is 558. The summed E-state index contributed by atoms with van der Waals surface area (Å²) >= 11 is 6.00. The van der Waals surface area contributed by atoms with Gasteiger partial charge in [-0.1, -0.05) is 18.5 Å². The van der Waals surface area contributed by atoms with Crippen molar-refractivity contribution < 1.29 is 8.78 Å². The van der Waals surface area contributed by atoms with Crippen molar-refractivity contribution in [3.8, 4) is 0 Å². The van der Waals surface area contributed by atoms with Gasteiger partial charge in [-0.15, -0.1) is 0 Å². The van der Waals surface area contributed by atoms with E-state index < -0.39 is 0 Å². The smallest absolute Gasteiger partial charge is 0.141 e. The maximum atomic E-state index is 13.2. The molecule has 1 unspecified atom stereocenters. The predicted molar refractivity (Wildman–Crippen MR) is 72.3 cm³/mol. The molecule has 19 heavy (non-hydrogen) atoms. The van der Waals surface area contributed by atoms with Crippen molar-refractivity contribution in [3.05, 3.63) is 58.9 Å². The van der Waals surface area contributed by atoms with E-state index in [0.29, 0.717) is 22.8 Å². The second-order valence-corrected chi connectivity index (χ2v) is 4.54. The van der Waals surface area contributed by atoms with E-state index in [4.69, 9.17) is 11.6 Å². The lowest BCUT2D eigenvalue weighted by atomic mass is 10.1. The quantitative estimate of drug-likeness (QED) is 0.888. The van der Waals surface area contributed by atoms with Crippen LogP contribution < -0.4 is 5.32 Å². The number of halogens is 3. The van der Waals surface area contributed by atoms with Gasteiger partial charge in [0.25, 0.3) is 0 Å². The van der Waals surface area contributed by atoms with Gasteiger partial charge in [0, 0.05) is 0 Å². The van der Waals surface area contributed by atoms with Gasteiger partial charge in [0.2, 0.25) is 0 Å². The van der Waals surface area contributed by atoms with Crippen molar-refractivity contribution in [2.45, 2.75) is 19.4 Å². The Balaban J connectivity index is 2.23. The van der Waals surface area contributed by atoms with Crippen molar-refractivity contribution in [2.75, 3.05) is 5.32 Å². The highest BCUT2D eigenvalue weighted by atomic mass is 35.5. The number of rotatable bonds is 4. The van der Waals surface area contributed by atoms with Crippen LogP contribution in [0.1, 0.15) is 25.1 Å². The molecule has 1 N–H and O–H groups in total. The van der Waals surface area contributed by atoms with Crippen molar-refractivity contribution in [2.24, 2.45) is 0 Å². The summed E-state index contributed by atoms with van der Waals surface area (Å²) in [7, 11) is 0. The van der Waals surface area contributed by atoms with Crippen LogP contribution in [-0.4, -0.2) is 4.98 Å². The first-order chi connectivity index (χ1) is 9.10. The van der Waals surface area contributed by atoms with Crippen molar-refractivity contribution in [3.63, 3.8) is 0 Å². The van der Waals surface area contributed by atoms with Gasteiger partial charge in [-0.25, -0.2) is 8.78 Å². The molecule has 0 aliphatic rings. The summed E-state index contributed by atoms with van der Waals surface area (Å²) < 4.78 is 26.0. The molecule has 0 fully saturated rings. The van der Waals surface area contributed by atoms with Crippen LogP contribution in [0.25, 0.3) is 0 Å². The molecule has 1 aromatic carbocycles. The lowest BCUT2D eigenvalue weighted by Gasteiger charge is -2.18. The van der Waals surface area contributed by atoms with E-state index in [-0.39, 0.29) is 17.7 Å². The number of nitrogens with one attached hydrogen (secondary N) is 1. The average molecular weight is 283 g/mol. The SMILES string of the molecule is CCC(Nc1cc(F)ccc1Cl)c1ccc(F)cn1. The van der Waals surface area contributed by atoms with Crippen LogP contribution in [0.2, 0.25) is 5.02 Å². The van der Waals surface area contributed by atoms with Gasteiger partial charge in [-0.05, 0) is 36.8 Å². The molecule has 0 aliphatic heterocycles. The third-order valence-electron chi connectivity index (χ3n) is 2.77. The van der Waals surface area contributed by atoms with E-state index in [0.717, 1.165) is 6.20 Å². The third-order valence-corrected chi connectivity index (χ3v) is 3.10. The molecule has 100 valence electrons. The molecule has 0 aliphatic carbocycles. The molecule has 0 bridgehead atoms. The van der Waals surface area contributed by atoms with E-state index >= 15 is 0 Å². The minimum Gasteiger partial charge on any atom is -0.375 e. The van der Waals surface area contributed by atoms with Gasteiger partial charge in [-0.2, -0.15) is 0 Å². The highest BCUT2D eigenvalue weighted by molar-refractivity contribution is 6.33. The second-order valence-electron chi connectivity index (χ2n) is 4.13. The molecule has 5 heteroatoms. The minimum absolute atomic E-state index is 0.153. The fraction of sp³-hybridized carbons (Fsp3) is 0.214. The molecule has 2 aromatic rings. The van der Waals surface area contributed by atoms with Crippen LogP contribution >= 0.6 is 11.6 Å². The lowest BCUT2D eigenvalue weighted by Crippen LogP contribution is -2.11. The summed E-state index contributed by atoms with van der Waals surface area (Å²) in [6, 6.07) is 6.91. The maximum Gasteiger partial charge on any atom is 0.141 e. The largest absolute Gasteiger partial charge is 0.375 e. The van der Waals surface area contributed by atoms with Crippen LogP contribution in [0.3, 0.4) is 0 Å². The first-order valence-corrected chi connectivity index (χ1v) is 6.31. The Morgan fingerprint density at radius 1 is 1.21 bits per heavy atom. The zero-order chi connectivity index (χ0) is 13.8. The first kappa shape index (κ1) is 13.7. The van der Waals surface area contributed by atoms with E-state index in [1.807, 2.05) is 6.92 Å². The highest BCUT2D eigenvalue weighted by Gasteiger charge is 2.13. The molecule has 2 rings (SSSR count). The fourth-order valence-corrected chi connectivity index (χ4v) is 1.95. The summed E-state index contributed by atoms with van der Waals surface area (Å²) in [4.78, 5) is 4.02. The molecular weight excluding hydrogens is 270 g/mol. The molecule has 0 spiro atoms.